The molecule has 0 fully saturated rings. The molecule has 0 aromatic heterocycles. The largest absolute Gasteiger partial charge is 0.472 e. The summed E-state index contributed by atoms with van der Waals surface area (Å²) < 4.78 is 68.6. The fraction of sp³-hybridized carbons (Fsp3) is 0.949. The second-order valence-corrected chi connectivity index (χ2v) is 31.5. The first-order chi connectivity index (χ1) is 47.0. The number of rotatable bonds is 78. The summed E-state index contributed by atoms with van der Waals surface area (Å²) in [5, 5.41) is 10.6. The van der Waals surface area contributed by atoms with E-state index in [2.05, 4.69) is 34.6 Å². The molecule has 19 heteroatoms. The third-order valence-corrected chi connectivity index (χ3v) is 20.2. The molecule has 0 aliphatic carbocycles. The van der Waals surface area contributed by atoms with Gasteiger partial charge in [-0.15, -0.1) is 0 Å². The molecule has 0 spiro atoms. The van der Waals surface area contributed by atoms with Crippen LogP contribution in [0.4, 0.5) is 0 Å². The quantitative estimate of drug-likeness (QED) is 0.0222. The number of hydrogen-bond acceptors (Lipinski definition) is 15. The maximum Gasteiger partial charge on any atom is 0.472 e. The summed E-state index contributed by atoms with van der Waals surface area (Å²) in [6, 6.07) is 0. The maximum atomic E-state index is 13.1. The van der Waals surface area contributed by atoms with Gasteiger partial charge in [0, 0.05) is 25.7 Å². The van der Waals surface area contributed by atoms with Crippen molar-refractivity contribution in [3.63, 3.8) is 0 Å². The van der Waals surface area contributed by atoms with Crippen LogP contribution in [-0.4, -0.2) is 96.7 Å². The Bertz CT molecular complexity index is 1860. The van der Waals surface area contributed by atoms with Crippen molar-refractivity contribution >= 4 is 39.5 Å². The van der Waals surface area contributed by atoms with Crippen LogP contribution in [0.3, 0.4) is 0 Å². The molecule has 97 heavy (non-hydrogen) atoms. The molecule has 5 atom stereocenters. The van der Waals surface area contributed by atoms with Crippen molar-refractivity contribution in [2.75, 3.05) is 39.6 Å². The number of aliphatic hydroxyl groups is 1. The minimum Gasteiger partial charge on any atom is -0.462 e. The van der Waals surface area contributed by atoms with E-state index in [0.717, 1.165) is 95.8 Å². The minimum atomic E-state index is -4.96. The van der Waals surface area contributed by atoms with Gasteiger partial charge in [-0.3, -0.25) is 37.3 Å². The van der Waals surface area contributed by atoms with Gasteiger partial charge < -0.3 is 33.8 Å². The summed E-state index contributed by atoms with van der Waals surface area (Å²) in [7, 11) is -9.91. The molecule has 0 radical (unpaired) electrons. The maximum absolute atomic E-state index is 13.1. The highest BCUT2D eigenvalue weighted by atomic mass is 31.2. The van der Waals surface area contributed by atoms with Crippen LogP contribution in [-0.2, 0) is 65.4 Å². The number of aliphatic hydroxyl groups excluding tert-OH is 1. The van der Waals surface area contributed by atoms with Crippen LogP contribution in [0.15, 0.2) is 0 Å². The van der Waals surface area contributed by atoms with Crippen LogP contribution in [0, 0.1) is 5.92 Å². The molecule has 3 N–H and O–H groups in total. The Morgan fingerprint density at radius 3 is 0.701 bits per heavy atom. The summed E-state index contributed by atoms with van der Waals surface area (Å²) in [6.07, 6.45) is 61.0. The van der Waals surface area contributed by atoms with E-state index in [1.807, 2.05) is 0 Å². The third kappa shape index (κ3) is 72.2. The summed E-state index contributed by atoms with van der Waals surface area (Å²) >= 11 is 0. The van der Waals surface area contributed by atoms with E-state index < -0.39 is 97.5 Å². The number of ether oxygens (including phenoxy) is 4. The molecular weight excluding hydrogens is 1270 g/mol. The minimum absolute atomic E-state index is 0.108. The van der Waals surface area contributed by atoms with Gasteiger partial charge in [0.25, 0.3) is 0 Å². The zero-order chi connectivity index (χ0) is 71.2. The van der Waals surface area contributed by atoms with Crippen molar-refractivity contribution < 1.29 is 80.2 Å². The Kier molecular flexibility index (Phi) is 69.6. The molecule has 0 amide bonds. The van der Waals surface area contributed by atoms with Gasteiger partial charge in [-0.1, -0.05) is 362 Å². The molecular formula is C78H152O17P2. The molecule has 0 aliphatic rings. The molecule has 0 rings (SSSR count). The SMILES string of the molecule is CCCCCCCCCCCCCCCCCCCCC(=O)OC[C@H](COP(=O)(O)OC[C@@H](O)COP(=O)(O)OC[C@@H](COC(=O)CCCCCCCCCCC)OC(=O)CCCCCCCCCCCCCC)OC(=O)CCCCCCCCCCCCCCCCCC(C)C. The first-order valence-electron chi connectivity index (χ1n) is 40.6. The number of unbranched alkanes of at least 4 members (excludes halogenated alkanes) is 50. The highest BCUT2D eigenvalue weighted by Gasteiger charge is 2.30. The highest BCUT2D eigenvalue weighted by Crippen LogP contribution is 2.45. The van der Waals surface area contributed by atoms with Crippen molar-refractivity contribution in [1.82, 2.24) is 0 Å². The Labute approximate surface area is 594 Å². The fourth-order valence-electron chi connectivity index (χ4n) is 12.1. The number of carbonyl (C=O) groups excluding carboxylic acids is 4. The van der Waals surface area contributed by atoms with Gasteiger partial charge in [-0.2, -0.15) is 0 Å². The Morgan fingerprint density at radius 2 is 0.474 bits per heavy atom. The lowest BCUT2D eigenvalue weighted by atomic mass is 10.0. The van der Waals surface area contributed by atoms with E-state index in [9.17, 15) is 43.2 Å². The number of esters is 4. The fourth-order valence-corrected chi connectivity index (χ4v) is 13.6. The average molecular weight is 1420 g/mol. The van der Waals surface area contributed by atoms with Gasteiger partial charge in [-0.05, 0) is 31.6 Å². The molecule has 2 unspecified atom stereocenters. The standard InChI is InChI=1S/C78H152O17P2/c1-6-9-12-15-18-21-23-25-26-27-28-31-34-38-42-47-52-57-62-76(81)89-68-74(95-78(83)64-59-54-49-44-39-35-32-29-30-33-36-41-45-50-55-60-71(4)5)70-93-97(86,87)91-66-72(79)65-90-96(84,85)92-69-73(67-88-75(80)61-56-51-46-40-20-17-14-11-8-3)94-77(82)63-58-53-48-43-37-24-22-19-16-13-10-7-2/h71-74,79H,6-70H2,1-5H3,(H,84,85)(H,86,87)/t72-,73+,74+/m0/s1. The zero-order valence-corrected chi connectivity index (χ0v) is 65.0. The van der Waals surface area contributed by atoms with Gasteiger partial charge in [-0.25, -0.2) is 9.13 Å². The van der Waals surface area contributed by atoms with E-state index in [4.69, 9.17) is 37.0 Å². The summed E-state index contributed by atoms with van der Waals surface area (Å²) in [5.41, 5.74) is 0. The average Bonchev–Trinajstić information content (AvgIpc) is 1.35. The molecule has 0 aromatic rings. The van der Waals surface area contributed by atoms with Crippen LogP contribution < -0.4 is 0 Å². The summed E-state index contributed by atoms with van der Waals surface area (Å²) in [6.45, 7) is 7.32. The van der Waals surface area contributed by atoms with Gasteiger partial charge >= 0.3 is 39.5 Å². The Balaban J connectivity index is 5.21. The van der Waals surface area contributed by atoms with Crippen molar-refractivity contribution in [3.8, 4) is 0 Å². The molecule has 17 nitrogen and oxygen atoms in total. The van der Waals surface area contributed by atoms with Gasteiger partial charge in [0.15, 0.2) is 12.2 Å². The molecule has 0 aliphatic heterocycles. The first-order valence-corrected chi connectivity index (χ1v) is 43.6. The van der Waals surface area contributed by atoms with Crippen LogP contribution in [0.1, 0.15) is 413 Å². The number of phosphoric ester groups is 2. The number of hydrogen-bond donors (Lipinski definition) is 3. The summed E-state index contributed by atoms with van der Waals surface area (Å²) in [5.74, 6) is -1.31. The van der Waals surface area contributed by atoms with E-state index in [0.29, 0.717) is 25.7 Å². The van der Waals surface area contributed by atoms with Crippen molar-refractivity contribution in [3.05, 3.63) is 0 Å². The van der Waals surface area contributed by atoms with Crippen LogP contribution in [0.2, 0.25) is 0 Å². The number of carbonyl (C=O) groups is 4. The molecule has 576 valence electrons. The van der Waals surface area contributed by atoms with Gasteiger partial charge in [0.2, 0.25) is 0 Å². The third-order valence-electron chi connectivity index (χ3n) is 18.3. The highest BCUT2D eigenvalue weighted by molar-refractivity contribution is 7.47. The topological polar surface area (TPSA) is 237 Å². The molecule has 0 aromatic carbocycles. The van der Waals surface area contributed by atoms with E-state index in [-0.39, 0.29) is 25.7 Å². The summed E-state index contributed by atoms with van der Waals surface area (Å²) in [4.78, 5) is 72.8. The lowest BCUT2D eigenvalue weighted by molar-refractivity contribution is -0.161. The lowest BCUT2D eigenvalue weighted by Gasteiger charge is -2.21. The Morgan fingerprint density at radius 1 is 0.278 bits per heavy atom. The van der Waals surface area contributed by atoms with E-state index >= 15 is 0 Å². The second kappa shape index (κ2) is 71.1. The normalized spacial score (nSPS) is 13.9. The molecule has 0 saturated carbocycles. The van der Waals surface area contributed by atoms with E-state index in [1.165, 1.54) is 238 Å². The van der Waals surface area contributed by atoms with Gasteiger partial charge in [0.05, 0.1) is 26.4 Å². The Hall–Kier alpha value is -1.94. The smallest absolute Gasteiger partial charge is 0.462 e. The first kappa shape index (κ1) is 95.1. The second-order valence-electron chi connectivity index (χ2n) is 28.6. The molecule has 0 heterocycles. The van der Waals surface area contributed by atoms with Gasteiger partial charge in [0.1, 0.15) is 19.3 Å². The van der Waals surface area contributed by atoms with Crippen molar-refractivity contribution in [2.24, 2.45) is 5.92 Å². The predicted octanol–water partition coefficient (Wildman–Crippen LogP) is 23.3. The molecule has 0 bridgehead atoms. The monoisotopic (exact) mass is 1420 g/mol. The van der Waals surface area contributed by atoms with Crippen molar-refractivity contribution in [2.45, 2.75) is 432 Å². The predicted molar refractivity (Wildman–Crippen MR) is 395 cm³/mol. The van der Waals surface area contributed by atoms with Crippen LogP contribution in [0.5, 0.6) is 0 Å². The number of phosphoric acid groups is 2. The van der Waals surface area contributed by atoms with E-state index in [1.54, 1.807) is 0 Å². The lowest BCUT2D eigenvalue weighted by Crippen LogP contribution is -2.30. The van der Waals surface area contributed by atoms with Crippen LogP contribution >= 0.6 is 15.6 Å². The zero-order valence-electron chi connectivity index (χ0n) is 63.2. The van der Waals surface area contributed by atoms with Crippen LogP contribution in [0.25, 0.3) is 0 Å². The molecule has 0 saturated heterocycles. The van der Waals surface area contributed by atoms with Crippen molar-refractivity contribution in [1.29, 1.82) is 0 Å².